The summed E-state index contributed by atoms with van der Waals surface area (Å²) in [5.41, 5.74) is 3.97. The molecule has 0 unspecified atom stereocenters. The third-order valence-corrected chi connectivity index (χ3v) is 6.12. The van der Waals surface area contributed by atoms with Gasteiger partial charge in [0, 0.05) is 43.4 Å². The topological polar surface area (TPSA) is 61.6 Å². The fourth-order valence-electron chi connectivity index (χ4n) is 4.25. The number of rotatable bonds is 6. The molecule has 1 N–H and O–H groups in total. The maximum absolute atomic E-state index is 6.14. The van der Waals surface area contributed by atoms with Crippen LogP contribution in [0, 0.1) is 6.92 Å². The van der Waals surface area contributed by atoms with Gasteiger partial charge < -0.3 is 10.2 Å². The van der Waals surface area contributed by atoms with Crippen LogP contribution in [-0.4, -0.2) is 63.8 Å². The average Bonchev–Trinajstić information content (AvgIpc) is 3.19. The highest BCUT2D eigenvalue weighted by Gasteiger charge is 2.17. The minimum absolute atomic E-state index is 0.784. The Morgan fingerprint density at radius 2 is 1.84 bits per heavy atom. The lowest BCUT2D eigenvalue weighted by Gasteiger charge is -2.36. The van der Waals surface area contributed by atoms with Gasteiger partial charge >= 0.3 is 0 Å². The second-order valence-corrected chi connectivity index (χ2v) is 8.38. The molecule has 1 fully saturated rings. The van der Waals surface area contributed by atoms with Gasteiger partial charge in [-0.1, -0.05) is 29.8 Å². The predicted molar refractivity (Wildman–Crippen MR) is 126 cm³/mol. The molecule has 1 aliphatic rings. The van der Waals surface area contributed by atoms with E-state index in [1.165, 1.54) is 5.69 Å². The van der Waals surface area contributed by atoms with Crippen molar-refractivity contribution in [2.45, 2.75) is 13.3 Å². The Labute approximate surface area is 186 Å². The Morgan fingerprint density at radius 3 is 2.68 bits per heavy atom. The number of fused-ring (bicyclic) bond motifs is 3. The fourth-order valence-corrected chi connectivity index (χ4v) is 4.44. The van der Waals surface area contributed by atoms with Crippen molar-refractivity contribution >= 4 is 39.8 Å². The Kier molecular flexibility index (Phi) is 5.61. The number of piperazine rings is 1. The molecule has 0 radical (unpaired) electrons. The number of aromatic nitrogens is 4. The van der Waals surface area contributed by atoms with E-state index in [1.54, 1.807) is 0 Å². The predicted octanol–water partition coefficient (Wildman–Crippen LogP) is 3.86. The first-order chi connectivity index (χ1) is 15.2. The van der Waals surface area contributed by atoms with E-state index in [1.807, 2.05) is 43.3 Å². The van der Waals surface area contributed by atoms with Crippen LogP contribution in [0.4, 0.5) is 11.5 Å². The number of halogens is 1. The lowest BCUT2D eigenvalue weighted by Crippen LogP contribution is -2.46. The lowest BCUT2D eigenvalue weighted by atomic mass is 10.2. The second-order valence-electron chi connectivity index (χ2n) is 7.94. The average molecular weight is 436 g/mol. The molecular formula is C23H26ClN7. The van der Waals surface area contributed by atoms with Crippen molar-refractivity contribution in [2.75, 3.05) is 49.5 Å². The van der Waals surface area contributed by atoms with Crippen molar-refractivity contribution in [3.63, 3.8) is 0 Å². The minimum Gasteiger partial charge on any atom is -0.369 e. The molecule has 0 atom stereocenters. The van der Waals surface area contributed by atoms with E-state index in [-0.39, 0.29) is 0 Å². The van der Waals surface area contributed by atoms with Crippen molar-refractivity contribution in [3.05, 3.63) is 59.4 Å². The molecule has 2 aromatic carbocycles. The van der Waals surface area contributed by atoms with Crippen LogP contribution in [0.3, 0.4) is 0 Å². The van der Waals surface area contributed by atoms with Gasteiger partial charge in [-0.3, -0.25) is 9.30 Å². The number of aryl methyl sites for hydroxylation is 1. The standard InChI is InChI=1S/C23H26ClN7/c1-17-27-28-23-22(26-20-8-2-3-9-21(20)31(17)23)25-10-5-11-29-12-14-30(15-13-29)19-7-4-6-18(24)16-19/h2-4,6-9,16H,5,10-15H2,1H3,(H,25,26). The molecule has 0 bridgehead atoms. The molecule has 160 valence electrons. The lowest BCUT2D eigenvalue weighted by molar-refractivity contribution is 0.257. The number of nitrogens with one attached hydrogen (secondary N) is 1. The van der Waals surface area contributed by atoms with Gasteiger partial charge in [0.05, 0.1) is 11.0 Å². The summed E-state index contributed by atoms with van der Waals surface area (Å²) in [6.45, 7) is 8.06. The van der Waals surface area contributed by atoms with E-state index in [2.05, 4.69) is 41.8 Å². The zero-order chi connectivity index (χ0) is 21.2. The van der Waals surface area contributed by atoms with Crippen LogP contribution >= 0.6 is 11.6 Å². The first kappa shape index (κ1) is 20.0. The van der Waals surface area contributed by atoms with Crippen molar-refractivity contribution in [1.82, 2.24) is 24.5 Å². The van der Waals surface area contributed by atoms with Gasteiger partial charge in [0.15, 0.2) is 5.82 Å². The van der Waals surface area contributed by atoms with Gasteiger partial charge in [0.1, 0.15) is 5.82 Å². The highest BCUT2D eigenvalue weighted by Crippen LogP contribution is 2.22. The largest absolute Gasteiger partial charge is 0.369 e. The van der Waals surface area contributed by atoms with Crippen LogP contribution in [0.2, 0.25) is 5.02 Å². The van der Waals surface area contributed by atoms with Crippen LogP contribution in [0.15, 0.2) is 48.5 Å². The second kappa shape index (κ2) is 8.69. The van der Waals surface area contributed by atoms with Gasteiger partial charge in [0.2, 0.25) is 5.65 Å². The molecule has 0 saturated carbocycles. The summed E-state index contributed by atoms with van der Waals surface area (Å²) in [4.78, 5) is 9.71. The van der Waals surface area contributed by atoms with Crippen LogP contribution in [-0.2, 0) is 0 Å². The summed E-state index contributed by atoms with van der Waals surface area (Å²) in [5.74, 6) is 1.67. The fraction of sp³-hybridized carbons (Fsp3) is 0.348. The highest BCUT2D eigenvalue weighted by molar-refractivity contribution is 6.30. The molecule has 0 aliphatic carbocycles. The summed E-state index contributed by atoms with van der Waals surface area (Å²) in [6, 6.07) is 16.2. The summed E-state index contributed by atoms with van der Waals surface area (Å²) in [5, 5.41) is 12.9. The van der Waals surface area contributed by atoms with Crippen LogP contribution < -0.4 is 10.2 Å². The smallest absolute Gasteiger partial charge is 0.204 e. The number of anilines is 2. The number of para-hydroxylation sites is 2. The van der Waals surface area contributed by atoms with Crippen molar-refractivity contribution < 1.29 is 0 Å². The van der Waals surface area contributed by atoms with Crippen LogP contribution in [0.1, 0.15) is 12.2 Å². The highest BCUT2D eigenvalue weighted by atomic mass is 35.5. The molecule has 3 heterocycles. The molecule has 0 spiro atoms. The van der Waals surface area contributed by atoms with Gasteiger partial charge in [-0.05, 0) is 50.2 Å². The molecule has 4 aromatic rings. The Hall–Kier alpha value is -2.90. The molecular weight excluding hydrogens is 410 g/mol. The van der Waals surface area contributed by atoms with E-state index in [0.29, 0.717) is 0 Å². The molecule has 7 nitrogen and oxygen atoms in total. The third kappa shape index (κ3) is 4.16. The number of benzene rings is 2. The number of nitrogens with zero attached hydrogens (tertiary/aromatic N) is 6. The number of hydrogen-bond acceptors (Lipinski definition) is 6. The van der Waals surface area contributed by atoms with E-state index in [0.717, 1.165) is 79.0 Å². The molecule has 8 heteroatoms. The maximum atomic E-state index is 6.14. The van der Waals surface area contributed by atoms with E-state index >= 15 is 0 Å². The normalized spacial score (nSPS) is 15.1. The Morgan fingerprint density at radius 1 is 1.00 bits per heavy atom. The van der Waals surface area contributed by atoms with Crippen molar-refractivity contribution in [1.29, 1.82) is 0 Å². The zero-order valence-electron chi connectivity index (χ0n) is 17.6. The van der Waals surface area contributed by atoms with E-state index < -0.39 is 0 Å². The van der Waals surface area contributed by atoms with Gasteiger partial charge in [0.25, 0.3) is 0 Å². The first-order valence-corrected chi connectivity index (χ1v) is 11.1. The number of hydrogen-bond donors (Lipinski definition) is 1. The molecule has 1 saturated heterocycles. The molecule has 1 aliphatic heterocycles. The summed E-state index contributed by atoms with van der Waals surface area (Å²) in [7, 11) is 0. The van der Waals surface area contributed by atoms with E-state index in [4.69, 9.17) is 16.6 Å². The summed E-state index contributed by atoms with van der Waals surface area (Å²) >= 11 is 6.14. The van der Waals surface area contributed by atoms with Crippen LogP contribution in [0.25, 0.3) is 16.7 Å². The van der Waals surface area contributed by atoms with Gasteiger partial charge in [-0.25, -0.2) is 4.98 Å². The zero-order valence-corrected chi connectivity index (χ0v) is 18.4. The van der Waals surface area contributed by atoms with Crippen molar-refractivity contribution in [3.8, 4) is 0 Å². The maximum Gasteiger partial charge on any atom is 0.204 e. The molecule has 0 amide bonds. The van der Waals surface area contributed by atoms with Crippen molar-refractivity contribution in [2.24, 2.45) is 0 Å². The van der Waals surface area contributed by atoms with E-state index in [9.17, 15) is 0 Å². The summed E-state index contributed by atoms with van der Waals surface area (Å²) in [6.07, 6.45) is 1.05. The first-order valence-electron chi connectivity index (χ1n) is 10.8. The SMILES string of the molecule is Cc1nnc2c(NCCCN3CCN(c4cccc(Cl)c4)CC3)nc3ccccc3n12. The monoisotopic (exact) mass is 435 g/mol. The molecule has 2 aromatic heterocycles. The quantitative estimate of drug-likeness (QED) is 0.464. The molecule has 5 rings (SSSR count). The Balaban J connectivity index is 1.17. The third-order valence-electron chi connectivity index (χ3n) is 5.88. The van der Waals surface area contributed by atoms with Crippen LogP contribution in [0.5, 0.6) is 0 Å². The minimum atomic E-state index is 0.784. The Bertz CT molecular complexity index is 1200. The molecule has 31 heavy (non-hydrogen) atoms. The summed E-state index contributed by atoms with van der Waals surface area (Å²) < 4.78 is 2.07. The van der Waals surface area contributed by atoms with Gasteiger partial charge in [-0.15, -0.1) is 10.2 Å². The van der Waals surface area contributed by atoms with Gasteiger partial charge in [-0.2, -0.15) is 0 Å².